The Kier molecular flexibility index (Phi) is 6.85. The van der Waals surface area contributed by atoms with E-state index in [9.17, 15) is 23.2 Å². The second-order valence-corrected chi connectivity index (χ2v) is 8.95. The van der Waals surface area contributed by atoms with E-state index in [1.54, 1.807) is 20.8 Å². The SMILES string of the molecule is CC(C)(C)C(NC(=O)c1nn(Cc2ccc(N)cc2F)c2c(F)cccc12)C(=O)NCC(N)=O. The van der Waals surface area contributed by atoms with Crippen LogP contribution in [0.25, 0.3) is 10.9 Å². The molecule has 0 aliphatic carbocycles. The summed E-state index contributed by atoms with van der Waals surface area (Å²) in [5.41, 5.74) is 10.2. The Hall–Kier alpha value is -4.02. The van der Waals surface area contributed by atoms with E-state index in [1.165, 1.54) is 35.0 Å². The van der Waals surface area contributed by atoms with Crippen molar-refractivity contribution in [2.45, 2.75) is 33.4 Å². The number of hydrogen-bond donors (Lipinski definition) is 4. The quantitative estimate of drug-likeness (QED) is 0.387. The van der Waals surface area contributed by atoms with Crippen LogP contribution in [0.3, 0.4) is 0 Å². The number of amides is 3. The lowest BCUT2D eigenvalue weighted by Gasteiger charge is -2.30. The fraction of sp³-hybridized carbons (Fsp3) is 0.304. The minimum absolute atomic E-state index is 0.00867. The third-order valence-corrected chi connectivity index (χ3v) is 5.17. The zero-order valence-electron chi connectivity index (χ0n) is 19.0. The van der Waals surface area contributed by atoms with Gasteiger partial charge in [0.1, 0.15) is 23.2 Å². The highest BCUT2D eigenvalue weighted by Crippen LogP contribution is 2.25. The van der Waals surface area contributed by atoms with Gasteiger partial charge in [0.25, 0.3) is 5.91 Å². The van der Waals surface area contributed by atoms with Gasteiger partial charge in [0.15, 0.2) is 5.69 Å². The van der Waals surface area contributed by atoms with Gasteiger partial charge in [0, 0.05) is 16.6 Å². The number of fused-ring (bicyclic) bond motifs is 1. The van der Waals surface area contributed by atoms with Gasteiger partial charge in [-0.1, -0.05) is 39.0 Å². The fourth-order valence-electron chi connectivity index (χ4n) is 3.48. The molecule has 0 radical (unpaired) electrons. The minimum atomic E-state index is -1.05. The van der Waals surface area contributed by atoms with Gasteiger partial charge in [-0.15, -0.1) is 0 Å². The average molecular weight is 472 g/mol. The number of anilines is 1. The summed E-state index contributed by atoms with van der Waals surface area (Å²) in [5, 5.41) is 9.42. The Labute approximate surface area is 194 Å². The van der Waals surface area contributed by atoms with Crippen LogP contribution in [0.2, 0.25) is 0 Å². The van der Waals surface area contributed by atoms with Crippen molar-refractivity contribution in [3.8, 4) is 0 Å². The summed E-state index contributed by atoms with van der Waals surface area (Å²) in [6, 6.07) is 7.19. The number of nitrogen functional groups attached to an aromatic ring is 1. The van der Waals surface area contributed by atoms with Crippen LogP contribution in [0.15, 0.2) is 36.4 Å². The van der Waals surface area contributed by atoms with Gasteiger partial charge in [0.2, 0.25) is 11.8 Å². The Bertz CT molecular complexity index is 1270. The molecular weight excluding hydrogens is 446 g/mol. The van der Waals surface area contributed by atoms with Crippen LogP contribution in [0.5, 0.6) is 0 Å². The molecular formula is C23H26F2N6O3. The van der Waals surface area contributed by atoms with Crippen molar-refractivity contribution in [3.05, 3.63) is 59.3 Å². The van der Waals surface area contributed by atoms with E-state index in [-0.39, 0.29) is 34.4 Å². The molecule has 3 rings (SSSR count). The number of nitrogens with zero attached hydrogens (tertiary/aromatic N) is 2. The highest BCUT2D eigenvalue weighted by Gasteiger charge is 2.34. The minimum Gasteiger partial charge on any atom is -0.399 e. The topological polar surface area (TPSA) is 145 Å². The summed E-state index contributed by atoms with van der Waals surface area (Å²) in [5.74, 6) is -3.32. The number of carbonyl (C=O) groups is 3. The fourth-order valence-corrected chi connectivity index (χ4v) is 3.48. The lowest BCUT2D eigenvalue weighted by Crippen LogP contribution is -2.54. The third kappa shape index (κ3) is 5.30. The molecule has 34 heavy (non-hydrogen) atoms. The van der Waals surface area contributed by atoms with Crippen molar-refractivity contribution in [3.63, 3.8) is 0 Å². The van der Waals surface area contributed by atoms with Crippen LogP contribution in [0, 0.1) is 17.0 Å². The Morgan fingerprint density at radius 2 is 1.82 bits per heavy atom. The lowest BCUT2D eigenvalue weighted by atomic mass is 9.86. The number of carbonyl (C=O) groups excluding carboxylic acids is 3. The zero-order chi connectivity index (χ0) is 25.2. The molecule has 0 spiro atoms. The maximum atomic E-state index is 14.7. The second kappa shape index (κ2) is 9.46. The van der Waals surface area contributed by atoms with Crippen LogP contribution >= 0.6 is 0 Å². The van der Waals surface area contributed by atoms with Gasteiger partial charge in [0.05, 0.1) is 13.1 Å². The number of aromatic nitrogens is 2. The lowest BCUT2D eigenvalue weighted by molar-refractivity contribution is -0.128. The molecule has 180 valence electrons. The molecule has 1 atom stereocenters. The molecule has 1 aromatic heterocycles. The largest absolute Gasteiger partial charge is 0.399 e. The van der Waals surface area contributed by atoms with E-state index in [1.807, 2.05) is 0 Å². The normalized spacial score (nSPS) is 12.4. The molecule has 0 saturated heterocycles. The molecule has 11 heteroatoms. The number of para-hydroxylation sites is 1. The molecule has 2 aromatic carbocycles. The highest BCUT2D eigenvalue weighted by atomic mass is 19.1. The highest BCUT2D eigenvalue weighted by molar-refractivity contribution is 6.06. The van der Waals surface area contributed by atoms with Crippen LogP contribution in [0.4, 0.5) is 14.5 Å². The molecule has 0 fully saturated rings. The van der Waals surface area contributed by atoms with Crippen molar-refractivity contribution in [2.24, 2.45) is 11.1 Å². The zero-order valence-corrected chi connectivity index (χ0v) is 19.0. The summed E-state index contributed by atoms with van der Waals surface area (Å²) in [7, 11) is 0. The molecule has 0 aliphatic heterocycles. The van der Waals surface area contributed by atoms with E-state index in [2.05, 4.69) is 15.7 Å². The van der Waals surface area contributed by atoms with Gasteiger partial charge in [-0.05, 0) is 23.6 Å². The number of primary amides is 1. The number of benzene rings is 2. The van der Waals surface area contributed by atoms with Crippen LogP contribution in [-0.4, -0.2) is 40.1 Å². The molecule has 3 amide bonds. The third-order valence-electron chi connectivity index (χ3n) is 5.17. The average Bonchev–Trinajstić information content (AvgIpc) is 3.11. The summed E-state index contributed by atoms with van der Waals surface area (Å²) in [6.45, 7) is 4.63. The van der Waals surface area contributed by atoms with Gasteiger partial charge >= 0.3 is 0 Å². The predicted molar refractivity (Wildman–Crippen MR) is 123 cm³/mol. The Morgan fingerprint density at radius 3 is 2.44 bits per heavy atom. The summed E-state index contributed by atoms with van der Waals surface area (Å²) in [6.07, 6.45) is 0. The molecule has 6 N–H and O–H groups in total. The van der Waals surface area contributed by atoms with E-state index in [0.717, 1.165) is 6.07 Å². The van der Waals surface area contributed by atoms with E-state index >= 15 is 0 Å². The van der Waals surface area contributed by atoms with Crippen LogP contribution in [0.1, 0.15) is 36.8 Å². The molecule has 0 bridgehead atoms. The van der Waals surface area contributed by atoms with E-state index in [0.29, 0.717) is 0 Å². The summed E-state index contributed by atoms with van der Waals surface area (Å²) < 4.78 is 30.3. The summed E-state index contributed by atoms with van der Waals surface area (Å²) >= 11 is 0. The van der Waals surface area contributed by atoms with Crippen molar-refractivity contribution >= 4 is 34.3 Å². The molecule has 1 heterocycles. The first-order valence-electron chi connectivity index (χ1n) is 10.4. The molecule has 1 unspecified atom stereocenters. The first-order valence-corrected chi connectivity index (χ1v) is 10.4. The number of hydrogen-bond acceptors (Lipinski definition) is 5. The second-order valence-electron chi connectivity index (χ2n) is 8.95. The first-order chi connectivity index (χ1) is 15.9. The van der Waals surface area contributed by atoms with Crippen LogP contribution < -0.4 is 22.1 Å². The molecule has 0 saturated carbocycles. The maximum absolute atomic E-state index is 14.7. The Morgan fingerprint density at radius 1 is 1.12 bits per heavy atom. The van der Waals surface area contributed by atoms with E-state index in [4.69, 9.17) is 11.5 Å². The first kappa shape index (κ1) is 24.6. The van der Waals surface area contributed by atoms with Crippen LogP contribution in [-0.2, 0) is 16.1 Å². The van der Waals surface area contributed by atoms with Gasteiger partial charge in [-0.2, -0.15) is 5.10 Å². The predicted octanol–water partition coefficient (Wildman–Crippen LogP) is 1.69. The number of nitrogens with one attached hydrogen (secondary N) is 2. The van der Waals surface area contributed by atoms with Gasteiger partial charge in [-0.3, -0.25) is 19.1 Å². The maximum Gasteiger partial charge on any atom is 0.273 e. The van der Waals surface area contributed by atoms with Gasteiger partial charge in [-0.25, -0.2) is 8.78 Å². The molecule has 9 nitrogen and oxygen atoms in total. The summed E-state index contributed by atoms with van der Waals surface area (Å²) in [4.78, 5) is 36.8. The van der Waals surface area contributed by atoms with Crippen molar-refractivity contribution in [1.82, 2.24) is 20.4 Å². The number of rotatable bonds is 7. The standard InChI is InChI=1S/C23H26F2N6O3/c1-23(2,3)20(22(34)28-10-17(27)32)29-21(33)18-14-5-4-6-15(24)19(14)31(30-18)11-12-7-8-13(26)9-16(12)25/h4-9,20H,10-11,26H2,1-3H3,(H2,27,32)(H,28,34)(H,29,33). The van der Waals surface area contributed by atoms with Crippen molar-refractivity contribution in [1.29, 1.82) is 0 Å². The monoisotopic (exact) mass is 472 g/mol. The Balaban J connectivity index is 1.98. The van der Waals surface area contributed by atoms with Crippen molar-refractivity contribution in [2.75, 3.05) is 12.3 Å². The molecule has 0 aliphatic rings. The van der Waals surface area contributed by atoms with E-state index < -0.39 is 47.4 Å². The smallest absolute Gasteiger partial charge is 0.273 e. The number of nitrogens with two attached hydrogens (primary N) is 2. The van der Waals surface area contributed by atoms with Gasteiger partial charge < -0.3 is 22.1 Å². The molecule has 3 aromatic rings. The number of halogens is 2. The van der Waals surface area contributed by atoms with Crippen molar-refractivity contribution < 1.29 is 23.2 Å².